The van der Waals surface area contributed by atoms with Crippen LogP contribution >= 0.6 is 11.6 Å². The fourth-order valence-corrected chi connectivity index (χ4v) is 3.36. The van der Waals surface area contributed by atoms with E-state index < -0.39 is 0 Å². The number of halogens is 2. The number of benzene rings is 1. The highest BCUT2D eigenvalue weighted by atomic mass is 35.5. The minimum atomic E-state index is -0.302. The van der Waals surface area contributed by atoms with Crippen LogP contribution in [0, 0.1) is 22.6 Å². The molecule has 0 heterocycles. The first-order chi connectivity index (χ1) is 8.23. The van der Waals surface area contributed by atoms with Gasteiger partial charge in [-0.1, -0.05) is 45.4 Å². The molecule has 1 aliphatic carbocycles. The SMILES string of the molecule is CC1(C)C(C(NN)c2ccc(Cl)cc2F)C1(C)C. The van der Waals surface area contributed by atoms with Crippen molar-refractivity contribution in [3.05, 3.63) is 34.6 Å². The van der Waals surface area contributed by atoms with Crippen LogP contribution < -0.4 is 11.3 Å². The Kier molecular flexibility index (Phi) is 3.21. The lowest BCUT2D eigenvalue weighted by atomic mass is 9.96. The zero-order chi connectivity index (χ0) is 13.7. The van der Waals surface area contributed by atoms with Gasteiger partial charge in [0.25, 0.3) is 0 Å². The van der Waals surface area contributed by atoms with Gasteiger partial charge in [0.2, 0.25) is 0 Å². The fourth-order valence-electron chi connectivity index (χ4n) is 3.20. The van der Waals surface area contributed by atoms with Gasteiger partial charge in [-0.25, -0.2) is 4.39 Å². The molecule has 0 aliphatic heterocycles. The molecule has 0 aromatic heterocycles. The third-order valence-electron chi connectivity index (χ3n) is 4.94. The standard InChI is InChI=1S/C14H20ClFN2/c1-13(2)12(14(13,3)4)11(18-17)9-6-5-8(15)7-10(9)16/h5-7,11-12,18H,17H2,1-4H3. The lowest BCUT2D eigenvalue weighted by Crippen LogP contribution is -2.32. The van der Waals surface area contributed by atoms with E-state index >= 15 is 0 Å². The Bertz CT molecular complexity index is 457. The molecule has 0 bridgehead atoms. The third-order valence-corrected chi connectivity index (χ3v) is 5.18. The van der Waals surface area contributed by atoms with E-state index in [9.17, 15) is 4.39 Å². The van der Waals surface area contributed by atoms with Gasteiger partial charge in [0.05, 0.1) is 6.04 Å². The van der Waals surface area contributed by atoms with Gasteiger partial charge in [0.1, 0.15) is 5.82 Å². The fraction of sp³-hybridized carbons (Fsp3) is 0.571. The van der Waals surface area contributed by atoms with Crippen LogP contribution in [0.3, 0.4) is 0 Å². The van der Waals surface area contributed by atoms with Crippen LogP contribution in [0.5, 0.6) is 0 Å². The van der Waals surface area contributed by atoms with Gasteiger partial charge < -0.3 is 0 Å². The van der Waals surface area contributed by atoms with Crippen LogP contribution in [0.1, 0.15) is 39.3 Å². The third kappa shape index (κ3) is 1.85. The normalized spacial score (nSPS) is 22.8. The molecule has 1 unspecified atom stereocenters. The average molecular weight is 271 g/mol. The molecule has 2 rings (SSSR count). The zero-order valence-electron chi connectivity index (χ0n) is 11.2. The number of nitrogens with one attached hydrogen (secondary N) is 1. The highest BCUT2D eigenvalue weighted by Crippen LogP contribution is 2.72. The van der Waals surface area contributed by atoms with E-state index in [4.69, 9.17) is 17.4 Å². The molecular weight excluding hydrogens is 251 g/mol. The van der Waals surface area contributed by atoms with Gasteiger partial charge >= 0.3 is 0 Å². The van der Waals surface area contributed by atoms with Gasteiger partial charge in [-0.3, -0.25) is 11.3 Å². The van der Waals surface area contributed by atoms with Crippen LogP contribution in [-0.2, 0) is 0 Å². The quantitative estimate of drug-likeness (QED) is 0.650. The van der Waals surface area contributed by atoms with Gasteiger partial charge in [0.15, 0.2) is 0 Å². The van der Waals surface area contributed by atoms with E-state index in [0.29, 0.717) is 16.5 Å². The molecule has 2 nitrogen and oxygen atoms in total. The molecule has 18 heavy (non-hydrogen) atoms. The summed E-state index contributed by atoms with van der Waals surface area (Å²) in [6.45, 7) is 8.76. The summed E-state index contributed by atoms with van der Waals surface area (Å²) in [6, 6.07) is 4.57. The molecule has 1 aromatic rings. The molecule has 0 radical (unpaired) electrons. The first-order valence-corrected chi connectivity index (χ1v) is 6.52. The van der Waals surface area contributed by atoms with Gasteiger partial charge in [-0.05, 0) is 28.9 Å². The monoisotopic (exact) mass is 270 g/mol. The number of hydrogen-bond acceptors (Lipinski definition) is 2. The van der Waals surface area contributed by atoms with Crippen molar-refractivity contribution >= 4 is 11.6 Å². The van der Waals surface area contributed by atoms with Crippen LogP contribution in [0.4, 0.5) is 4.39 Å². The number of hydrazine groups is 1. The Hall–Kier alpha value is -0.640. The average Bonchev–Trinajstić information content (AvgIpc) is 2.64. The maximum Gasteiger partial charge on any atom is 0.129 e. The van der Waals surface area contributed by atoms with Crippen LogP contribution in [0.15, 0.2) is 18.2 Å². The van der Waals surface area contributed by atoms with Gasteiger partial charge in [-0.15, -0.1) is 0 Å². The summed E-state index contributed by atoms with van der Waals surface area (Å²) in [4.78, 5) is 0. The van der Waals surface area contributed by atoms with Gasteiger partial charge in [0, 0.05) is 10.6 Å². The van der Waals surface area contributed by atoms with E-state index in [2.05, 4.69) is 33.1 Å². The predicted molar refractivity (Wildman–Crippen MR) is 72.5 cm³/mol. The van der Waals surface area contributed by atoms with E-state index in [-0.39, 0.29) is 22.7 Å². The molecule has 100 valence electrons. The summed E-state index contributed by atoms with van der Waals surface area (Å²) in [5.74, 6) is 5.64. The van der Waals surface area contributed by atoms with E-state index in [1.54, 1.807) is 12.1 Å². The Labute approximate surface area is 113 Å². The molecule has 1 saturated carbocycles. The highest BCUT2D eigenvalue weighted by Gasteiger charge is 2.67. The first kappa shape index (κ1) is 13.8. The Morgan fingerprint density at radius 3 is 2.22 bits per heavy atom. The van der Waals surface area contributed by atoms with Crippen molar-refractivity contribution < 1.29 is 4.39 Å². The highest BCUT2D eigenvalue weighted by molar-refractivity contribution is 6.30. The maximum atomic E-state index is 14.0. The summed E-state index contributed by atoms with van der Waals surface area (Å²) < 4.78 is 14.0. The second-order valence-corrected chi connectivity index (χ2v) is 6.67. The number of nitrogens with two attached hydrogens (primary N) is 1. The molecule has 1 fully saturated rings. The van der Waals surface area contributed by atoms with Crippen LogP contribution in [0.2, 0.25) is 5.02 Å². The van der Waals surface area contributed by atoms with Crippen molar-refractivity contribution in [2.75, 3.05) is 0 Å². The minimum absolute atomic E-state index is 0.135. The zero-order valence-corrected chi connectivity index (χ0v) is 12.0. The Morgan fingerprint density at radius 2 is 1.83 bits per heavy atom. The minimum Gasteiger partial charge on any atom is -0.271 e. The van der Waals surface area contributed by atoms with E-state index in [1.165, 1.54) is 6.07 Å². The summed E-state index contributed by atoms with van der Waals surface area (Å²) in [5.41, 5.74) is 3.63. The predicted octanol–water partition coefficient (Wildman–Crippen LogP) is 3.67. The van der Waals surface area contributed by atoms with Crippen molar-refractivity contribution in [2.45, 2.75) is 33.7 Å². The van der Waals surface area contributed by atoms with Crippen molar-refractivity contribution in [3.8, 4) is 0 Å². The first-order valence-electron chi connectivity index (χ1n) is 6.14. The second-order valence-electron chi connectivity index (χ2n) is 6.23. The van der Waals surface area contributed by atoms with E-state index in [0.717, 1.165) is 0 Å². The largest absolute Gasteiger partial charge is 0.271 e. The molecular formula is C14H20ClFN2. The summed E-state index contributed by atoms with van der Waals surface area (Å²) in [5, 5.41) is 0.404. The summed E-state index contributed by atoms with van der Waals surface area (Å²) in [7, 11) is 0. The molecule has 1 atom stereocenters. The van der Waals surface area contributed by atoms with Crippen LogP contribution in [-0.4, -0.2) is 0 Å². The molecule has 1 aromatic carbocycles. The molecule has 0 saturated heterocycles. The van der Waals surface area contributed by atoms with Crippen molar-refractivity contribution in [1.29, 1.82) is 0 Å². The van der Waals surface area contributed by atoms with Crippen molar-refractivity contribution in [2.24, 2.45) is 22.6 Å². The van der Waals surface area contributed by atoms with Crippen molar-refractivity contribution in [1.82, 2.24) is 5.43 Å². The van der Waals surface area contributed by atoms with E-state index in [1.807, 2.05) is 0 Å². The topological polar surface area (TPSA) is 38.0 Å². The molecule has 0 amide bonds. The molecule has 0 spiro atoms. The smallest absolute Gasteiger partial charge is 0.129 e. The molecule has 3 N–H and O–H groups in total. The Morgan fingerprint density at radius 1 is 1.28 bits per heavy atom. The number of rotatable bonds is 3. The lowest BCUT2D eigenvalue weighted by Gasteiger charge is -2.19. The molecule has 1 aliphatic rings. The number of hydrogen-bond donors (Lipinski definition) is 2. The maximum absolute atomic E-state index is 14.0. The summed E-state index contributed by atoms with van der Waals surface area (Å²) >= 11 is 5.78. The molecule has 4 heteroatoms. The second kappa shape index (κ2) is 4.19. The summed E-state index contributed by atoms with van der Waals surface area (Å²) in [6.07, 6.45) is 0. The van der Waals surface area contributed by atoms with Crippen LogP contribution in [0.25, 0.3) is 0 Å². The van der Waals surface area contributed by atoms with Crippen molar-refractivity contribution in [3.63, 3.8) is 0 Å². The Balaban J connectivity index is 2.37. The van der Waals surface area contributed by atoms with Gasteiger partial charge in [-0.2, -0.15) is 0 Å². The lowest BCUT2D eigenvalue weighted by molar-refractivity contribution is 0.403.